The van der Waals surface area contributed by atoms with Crippen LogP contribution in [0.1, 0.15) is 51.5 Å². The molecule has 1 aromatic heterocycles. The zero-order chi connectivity index (χ0) is 27.4. The fourth-order valence-corrected chi connectivity index (χ4v) is 4.29. The van der Waals surface area contributed by atoms with Crippen molar-refractivity contribution >= 4 is 17.7 Å². The summed E-state index contributed by atoms with van der Waals surface area (Å²) in [5.41, 5.74) is 2.10. The van der Waals surface area contributed by atoms with Crippen LogP contribution in [0.15, 0.2) is 48.5 Å². The maximum absolute atomic E-state index is 13.2. The fourth-order valence-electron chi connectivity index (χ4n) is 4.29. The van der Waals surface area contributed by atoms with Gasteiger partial charge in [0.05, 0.1) is 20.3 Å². The van der Waals surface area contributed by atoms with Gasteiger partial charge in [0, 0.05) is 26.2 Å². The van der Waals surface area contributed by atoms with Crippen molar-refractivity contribution in [1.82, 2.24) is 25.3 Å². The van der Waals surface area contributed by atoms with Crippen LogP contribution in [0.5, 0.6) is 11.5 Å². The Bertz CT molecular complexity index is 1350. The highest BCUT2D eigenvalue weighted by atomic mass is 16.5. The van der Waals surface area contributed by atoms with Crippen molar-refractivity contribution in [3.05, 3.63) is 76.6 Å². The van der Waals surface area contributed by atoms with Crippen molar-refractivity contribution in [1.29, 1.82) is 0 Å². The Hall–Kier alpha value is -4.34. The number of rotatable bonds is 9. The molecule has 1 atom stereocenters. The molecule has 0 bridgehead atoms. The molecule has 0 saturated heterocycles. The summed E-state index contributed by atoms with van der Waals surface area (Å²) in [7, 11) is 3.15. The van der Waals surface area contributed by atoms with E-state index in [-0.39, 0.29) is 36.3 Å². The van der Waals surface area contributed by atoms with E-state index in [1.807, 2.05) is 44.2 Å². The van der Waals surface area contributed by atoms with Gasteiger partial charge in [-0.1, -0.05) is 35.9 Å². The lowest BCUT2D eigenvalue weighted by Crippen LogP contribution is -2.62. The van der Waals surface area contributed by atoms with E-state index in [2.05, 4.69) is 15.7 Å². The van der Waals surface area contributed by atoms with Gasteiger partial charge in [0.15, 0.2) is 17.2 Å². The number of hydrogen-bond donors (Lipinski definition) is 2. The summed E-state index contributed by atoms with van der Waals surface area (Å²) in [4.78, 5) is 40.6. The van der Waals surface area contributed by atoms with E-state index < -0.39 is 11.4 Å². The first kappa shape index (κ1) is 26.7. The molecule has 0 saturated carbocycles. The van der Waals surface area contributed by atoms with Crippen LogP contribution >= 0.6 is 0 Å². The molecule has 0 unspecified atom stereocenters. The molecule has 4 rings (SSSR count). The number of hydrogen-bond acceptors (Lipinski definition) is 6. The molecular formula is C28H33N5O5. The number of aromatic nitrogens is 2. The Morgan fingerprint density at radius 3 is 2.39 bits per heavy atom. The van der Waals surface area contributed by atoms with Crippen molar-refractivity contribution in [3.63, 3.8) is 0 Å². The molecule has 0 radical (unpaired) electrons. The third kappa shape index (κ3) is 5.34. The average molecular weight is 520 g/mol. The highest BCUT2D eigenvalue weighted by Gasteiger charge is 2.46. The summed E-state index contributed by atoms with van der Waals surface area (Å²) in [6, 6.07) is 14.7. The molecule has 0 spiro atoms. The Morgan fingerprint density at radius 1 is 1.03 bits per heavy atom. The molecule has 2 heterocycles. The van der Waals surface area contributed by atoms with Gasteiger partial charge < -0.3 is 25.0 Å². The smallest absolute Gasteiger partial charge is 0.272 e. The minimum atomic E-state index is -1.17. The second kappa shape index (κ2) is 11.0. The molecule has 0 fully saturated rings. The molecule has 2 aromatic carbocycles. The Kier molecular flexibility index (Phi) is 7.70. The monoisotopic (exact) mass is 519 g/mol. The Labute approximate surface area is 221 Å². The van der Waals surface area contributed by atoms with E-state index in [9.17, 15) is 14.4 Å². The van der Waals surface area contributed by atoms with E-state index in [1.54, 1.807) is 33.2 Å². The van der Waals surface area contributed by atoms with Gasteiger partial charge in [-0.2, -0.15) is 5.10 Å². The zero-order valence-corrected chi connectivity index (χ0v) is 22.3. The van der Waals surface area contributed by atoms with Crippen molar-refractivity contribution in [2.75, 3.05) is 20.8 Å². The Balaban J connectivity index is 1.45. The number of carbonyl (C=O) groups excluding carboxylic acids is 3. The number of nitrogens with zero attached hydrogens (tertiary/aromatic N) is 3. The van der Waals surface area contributed by atoms with Crippen molar-refractivity contribution in [2.45, 2.75) is 45.9 Å². The van der Waals surface area contributed by atoms with E-state index in [4.69, 9.17) is 9.47 Å². The molecule has 200 valence electrons. The molecule has 3 aromatic rings. The third-order valence-corrected chi connectivity index (χ3v) is 6.78. The van der Waals surface area contributed by atoms with Gasteiger partial charge in [0.2, 0.25) is 5.91 Å². The maximum atomic E-state index is 13.2. The zero-order valence-electron chi connectivity index (χ0n) is 22.3. The number of aryl methyl sites for hydroxylation is 1. The number of methoxy groups -OCH3 is 1. The molecule has 2 N–H and O–H groups in total. The minimum Gasteiger partial charge on any atom is -0.493 e. The minimum absolute atomic E-state index is 0.101. The van der Waals surface area contributed by atoms with Crippen LogP contribution in [-0.4, -0.2) is 58.7 Å². The molecule has 1 aliphatic rings. The molecule has 1 aliphatic heterocycles. The first-order valence-corrected chi connectivity index (χ1v) is 12.4. The quantitative estimate of drug-likeness (QED) is 0.449. The third-order valence-electron chi connectivity index (χ3n) is 6.78. The second-order valence-corrected chi connectivity index (χ2v) is 9.48. The number of likely N-dealkylation sites (N-methyl/N-ethyl adjacent to an activating group) is 1. The molecule has 3 amide bonds. The summed E-state index contributed by atoms with van der Waals surface area (Å²) in [5, 5.41) is 10.1. The predicted octanol–water partition coefficient (Wildman–Crippen LogP) is 2.69. The van der Waals surface area contributed by atoms with Crippen LogP contribution in [0.3, 0.4) is 0 Å². The summed E-state index contributed by atoms with van der Waals surface area (Å²) >= 11 is 0. The number of ether oxygens (including phenoxy) is 2. The van der Waals surface area contributed by atoms with Crippen LogP contribution in [0.25, 0.3) is 0 Å². The lowest BCUT2D eigenvalue weighted by molar-refractivity contribution is -0.132. The number of fused-ring (bicyclic) bond motifs is 1. The van der Waals surface area contributed by atoms with Gasteiger partial charge in [-0.25, -0.2) is 0 Å². The molecule has 0 aliphatic carbocycles. The number of amides is 3. The van der Waals surface area contributed by atoms with E-state index in [0.717, 1.165) is 16.7 Å². The molecule has 38 heavy (non-hydrogen) atoms. The fraction of sp³-hybridized carbons (Fsp3) is 0.357. The number of benzene rings is 2. The van der Waals surface area contributed by atoms with Crippen LogP contribution < -0.4 is 20.1 Å². The van der Waals surface area contributed by atoms with Crippen LogP contribution in [0, 0.1) is 6.92 Å². The van der Waals surface area contributed by atoms with E-state index in [1.165, 1.54) is 15.6 Å². The maximum Gasteiger partial charge on any atom is 0.272 e. The van der Waals surface area contributed by atoms with Crippen molar-refractivity contribution in [2.24, 2.45) is 0 Å². The van der Waals surface area contributed by atoms with E-state index in [0.29, 0.717) is 24.7 Å². The first-order chi connectivity index (χ1) is 18.2. The van der Waals surface area contributed by atoms with Gasteiger partial charge in [0.25, 0.3) is 11.8 Å². The SMILES string of the molecule is CCOc1cc(CNC(=O)c2cc3n(n2)C[C@](C)(C(=O)NCc2ccc(C)cc2)N(C)C3=O)ccc1OC. The van der Waals surface area contributed by atoms with Crippen LogP contribution in [0.4, 0.5) is 0 Å². The van der Waals surface area contributed by atoms with Gasteiger partial charge in [-0.05, 0) is 44.0 Å². The lowest BCUT2D eigenvalue weighted by atomic mass is 9.95. The highest BCUT2D eigenvalue weighted by molar-refractivity contribution is 6.01. The lowest BCUT2D eigenvalue weighted by Gasteiger charge is -2.40. The standard InChI is InChI=1S/C28H33N5O5/c1-6-38-24-13-20(11-12-23(24)37-5)16-29-25(34)21-14-22-26(35)32(4)28(3,17-33(22)31-21)27(36)30-15-19-9-7-18(2)8-10-19/h7-14H,6,15-17H2,1-5H3,(H,29,34)(H,30,36)/t28-/m1/s1. The summed E-state index contributed by atoms with van der Waals surface area (Å²) in [5.74, 6) is 0.0877. The summed E-state index contributed by atoms with van der Waals surface area (Å²) < 4.78 is 12.3. The van der Waals surface area contributed by atoms with Crippen molar-refractivity contribution < 1.29 is 23.9 Å². The Morgan fingerprint density at radius 2 is 1.71 bits per heavy atom. The molecular weight excluding hydrogens is 486 g/mol. The predicted molar refractivity (Wildman–Crippen MR) is 141 cm³/mol. The van der Waals surface area contributed by atoms with Gasteiger partial charge in [0.1, 0.15) is 11.2 Å². The largest absolute Gasteiger partial charge is 0.493 e. The van der Waals surface area contributed by atoms with Crippen molar-refractivity contribution in [3.8, 4) is 11.5 Å². The summed E-state index contributed by atoms with van der Waals surface area (Å²) in [6.45, 7) is 6.75. The van der Waals surface area contributed by atoms with Gasteiger partial charge in [-0.15, -0.1) is 0 Å². The molecule has 10 heteroatoms. The van der Waals surface area contributed by atoms with Gasteiger partial charge in [-0.3, -0.25) is 19.1 Å². The van der Waals surface area contributed by atoms with Crippen LogP contribution in [0.2, 0.25) is 0 Å². The topological polar surface area (TPSA) is 115 Å². The normalized spacial score (nSPS) is 16.6. The second-order valence-electron chi connectivity index (χ2n) is 9.48. The van der Waals surface area contributed by atoms with E-state index >= 15 is 0 Å². The van der Waals surface area contributed by atoms with Gasteiger partial charge >= 0.3 is 0 Å². The number of carbonyl (C=O) groups is 3. The average Bonchev–Trinajstić information content (AvgIpc) is 3.34. The van der Waals surface area contributed by atoms with Crippen LogP contribution in [-0.2, 0) is 24.4 Å². The summed E-state index contributed by atoms with van der Waals surface area (Å²) in [6.07, 6.45) is 0. The number of nitrogens with one attached hydrogen (secondary N) is 2. The highest BCUT2D eigenvalue weighted by Crippen LogP contribution is 2.28. The molecule has 10 nitrogen and oxygen atoms in total. The first-order valence-electron chi connectivity index (χ1n) is 12.4.